The van der Waals surface area contributed by atoms with Gasteiger partial charge in [0.1, 0.15) is 6.04 Å². The molecule has 0 aliphatic heterocycles. The second-order valence-electron chi connectivity index (χ2n) is 4.51. The number of amides is 4. The number of primary amides is 2. The van der Waals surface area contributed by atoms with Gasteiger partial charge in [-0.3, -0.25) is 9.59 Å². The molecule has 0 aliphatic rings. The maximum atomic E-state index is 11.1. The Bertz CT molecular complexity index is 309. The molecule has 22 heavy (non-hydrogen) atoms. The molecular formula is C14H33N5O3. The summed E-state index contributed by atoms with van der Waals surface area (Å²) in [6.45, 7) is 10.5. The SMILES string of the molecule is CC.CCCNC(N)=O.CNCC(=O)NC(C(N)=O)C(C)C. The maximum Gasteiger partial charge on any atom is 0.312 e. The Morgan fingerprint density at radius 2 is 1.59 bits per heavy atom. The zero-order valence-corrected chi connectivity index (χ0v) is 14.7. The summed E-state index contributed by atoms with van der Waals surface area (Å²) in [5.41, 5.74) is 9.84. The third kappa shape index (κ3) is 18.2. The molecule has 0 radical (unpaired) electrons. The van der Waals surface area contributed by atoms with E-state index >= 15 is 0 Å². The second kappa shape index (κ2) is 17.2. The predicted octanol–water partition coefficient (Wildman–Crippen LogP) is -0.0772. The van der Waals surface area contributed by atoms with Gasteiger partial charge in [0.05, 0.1) is 6.54 Å². The largest absolute Gasteiger partial charge is 0.368 e. The van der Waals surface area contributed by atoms with Crippen LogP contribution in [-0.4, -0.2) is 44.0 Å². The lowest BCUT2D eigenvalue weighted by molar-refractivity contribution is -0.127. The van der Waals surface area contributed by atoms with Crippen molar-refractivity contribution < 1.29 is 14.4 Å². The molecule has 1 atom stereocenters. The van der Waals surface area contributed by atoms with Crippen LogP contribution in [-0.2, 0) is 9.59 Å². The standard InChI is InChI=1S/C8H17N3O2.C4H10N2O.C2H6/c1-5(2)7(8(9)13)11-6(12)4-10-3;1-2-3-6-4(5)7;1-2/h5,7,10H,4H2,1-3H3,(H2,9,13)(H,11,12);2-3H2,1H3,(H3,5,6,7);1-2H3. The minimum atomic E-state index is -0.583. The van der Waals surface area contributed by atoms with Gasteiger partial charge < -0.3 is 27.4 Å². The van der Waals surface area contributed by atoms with Gasteiger partial charge in [-0.2, -0.15) is 0 Å². The number of carbonyl (C=O) groups is 3. The maximum absolute atomic E-state index is 11.1. The lowest BCUT2D eigenvalue weighted by atomic mass is 10.0. The van der Waals surface area contributed by atoms with Gasteiger partial charge in [0.25, 0.3) is 0 Å². The Morgan fingerprint density at radius 3 is 1.82 bits per heavy atom. The lowest BCUT2D eigenvalue weighted by Crippen LogP contribution is -2.49. The number of nitrogens with two attached hydrogens (primary N) is 2. The Morgan fingerprint density at radius 1 is 1.09 bits per heavy atom. The smallest absolute Gasteiger partial charge is 0.312 e. The van der Waals surface area contributed by atoms with Gasteiger partial charge in [-0.05, 0) is 19.4 Å². The van der Waals surface area contributed by atoms with Crippen LogP contribution in [0.15, 0.2) is 0 Å². The molecule has 132 valence electrons. The van der Waals surface area contributed by atoms with E-state index in [-0.39, 0.29) is 18.4 Å². The van der Waals surface area contributed by atoms with Crippen LogP contribution in [0.1, 0.15) is 41.0 Å². The summed E-state index contributed by atoms with van der Waals surface area (Å²) in [6.07, 6.45) is 0.933. The first-order chi connectivity index (χ1) is 10.3. The Labute approximate surface area is 133 Å². The number of hydrogen-bond acceptors (Lipinski definition) is 4. The summed E-state index contributed by atoms with van der Waals surface area (Å²) in [5.74, 6) is -0.710. The molecule has 0 fully saturated rings. The first-order valence-corrected chi connectivity index (χ1v) is 7.52. The van der Waals surface area contributed by atoms with Gasteiger partial charge in [-0.1, -0.05) is 34.6 Å². The summed E-state index contributed by atoms with van der Waals surface area (Å²) >= 11 is 0. The molecule has 7 N–H and O–H groups in total. The van der Waals surface area contributed by atoms with Gasteiger partial charge in [-0.25, -0.2) is 4.79 Å². The highest BCUT2D eigenvalue weighted by Crippen LogP contribution is 1.99. The summed E-state index contributed by atoms with van der Waals surface area (Å²) in [4.78, 5) is 31.8. The highest BCUT2D eigenvalue weighted by atomic mass is 16.2. The fourth-order valence-electron chi connectivity index (χ4n) is 1.20. The fourth-order valence-corrected chi connectivity index (χ4v) is 1.20. The molecule has 0 saturated carbocycles. The summed E-state index contributed by atoms with van der Waals surface area (Å²) < 4.78 is 0. The fraction of sp³-hybridized carbons (Fsp3) is 0.786. The van der Waals surface area contributed by atoms with Crippen molar-refractivity contribution in [3.63, 3.8) is 0 Å². The van der Waals surface area contributed by atoms with Crippen molar-refractivity contribution in [3.8, 4) is 0 Å². The van der Waals surface area contributed by atoms with Crippen LogP contribution in [0, 0.1) is 5.92 Å². The highest BCUT2D eigenvalue weighted by Gasteiger charge is 2.20. The molecule has 0 aromatic rings. The molecule has 0 aromatic carbocycles. The highest BCUT2D eigenvalue weighted by molar-refractivity contribution is 5.87. The molecule has 0 rings (SSSR count). The van der Waals surface area contributed by atoms with E-state index in [0.29, 0.717) is 6.54 Å². The zero-order chi connectivity index (χ0) is 18.1. The van der Waals surface area contributed by atoms with Crippen LogP contribution in [0.5, 0.6) is 0 Å². The van der Waals surface area contributed by atoms with Crippen molar-refractivity contribution in [1.29, 1.82) is 0 Å². The molecule has 0 bridgehead atoms. The minimum absolute atomic E-state index is 0.0123. The Hall–Kier alpha value is -1.83. The predicted molar refractivity (Wildman–Crippen MR) is 89.1 cm³/mol. The van der Waals surface area contributed by atoms with Crippen molar-refractivity contribution in [2.24, 2.45) is 17.4 Å². The Balaban J connectivity index is -0.000000339. The van der Waals surface area contributed by atoms with Gasteiger partial charge in [-0.15, -0.1) is 0 Å². The van der Waals surface area contributed by atoms with Gasteiger partial charge in [0.2, 0.25) is 11.8 Å². The summed E-state index contributed by atoms with van der Waals surface area (Å²) in [6, 6.07) is -1.03. The molecule has 1 unspecified atom stereocenters. The normalized spacial score (nSPS) is 10.3. The molecule has 0 aromatic heterocycles. The zero-order valence-electron chi connectivity index (χ0n) is 14.7. The molecule has 4 amide bonds. The number of carbonyl (C=O) groups excluding carboxylic acids is 3. The van der Waals surface area contributed by atoms with Gasteiger partial charge >= 0.3 is 6.03 Å². The third-order valence-corrected chi connectivity index (χ3v) is 2.18. The van der Waals surface area contributed by atoms with Crippen molar-refractivity contribution in [2.75, 3.05) is 20.1 Å². The number of hydrogen-bond donors (Lipinski definition) is 5. The number of rotatable bonds is 7. The van der Waals surface area contributed by atoms with Crippen LogP contribution in [0.25, 0.3) is 0 Å². The van der Waals surface area contributed by atoms with Crippen LogP contribution in [0.2, 0.25) is 0 Å². The van der Waals surface area contributed by atoms with E-state index < -0.39 is 18.0 Å². The first-order valence-electron chi connectivity index (χ1n) is 7.52. The molecule has 0 saturated heterocycles. The van der Waals surface area contributed by atoms with Crippen LogP contribution in [0.3, 0.4) is 0 Å². The molecule has 0 aliphatic carbocycles. The van der Waals surface area contributed by atoms with E-state index in [1.54, 1.807) is 7.05 Å². The minimum Gasteiger partial charge on any atom is -0.368 e. The average Bonchev–Trinajstić information content (AvgIpc) is 2.45. The van der Waals surface area contributed by atoms with E-state index in [1.165, 1.54) is 0 Å². The van der Waals surface area contributed by atoms with Crippen LogP contribution < -0.4 is 27.4 Å². The molecule has 0 heterocycles. The lowest BCUT2D eigenvalue weighted by Gasteiger charge is -2.18. The van der Waals surface area contributed by atoms with Crippen molar-refractivity contribution in [1.82, 2.24) is 16.0 Å². The molecule has 8 nitrogen and oxygen atoms in total. The summed E-state index contributed by atoms with van der Waals surface area (Å²) in [7, 11) is 1.66. The van der Waals surface area contributed by atoms with E-state index in [2.05, 4.69) is 16.0 Å². The van der Waals surface area contributed by atoms with Crippen LogP contribution in [0.4, 0.5) is 4.79 Å². The van der Waals surface area contributed by atoms with Gasteiger partial charge in [0.15, 0.2) is 0 Å². The monoisotopic (exact) mass is 319 g/mol. The second-order valence-corrected chi connectivity index (χ2v) is 4.51. The molecule has 0 spiro atoms. The number of urea groups is 1. The van der Waals surface area contributed by atoms with E-state index in [1.807, 2.05) is 34.6 Å². The molecular weight excluding hydrogens is 286 g/mol. The van der Waals surface area contributed by atoms with Gasteiger partial charge in [0, 0.05) is 6.54 Å². The van der Waals surface area contributed by atoms with E-state index in [9.17, 15) is 14.4 Å². The van der Waals surface area contributed by atoms with Crippen LogP contribution >= 0.6 is 0 Å². The van der Waals surface area contributed by atoms with Crippen molar-refractivity contribution in [3.05, 3.63) is 0 Å². The topological polar surface area (TPSA) is 139 Å². The quantitative estimate of drug-likeness (QED) is 0.448. The molecule has 8 heteroatoms. The van der Waals surface area contributed by atoms with Crippen molar-refractivity contribution in [2.45, 2.75) is 47.1 Å². The summed E-state index contributed by atoms with van der Waals surface area (Å²) in [5, 5.41) is 7.66. The Kier molecular flexibility index (Phi) is 19.7. The number of nitrogens with one attached hydrogen (secondary N) is 3. The van der Waals surface area contributed by atoms with E-state index in [4.69, 9.17) is 11.5 Å². The number of likely N-dealkylation sites (N-methyl/N-ethyl adjacent to an activating group) is 1. The average molecular weight is 319 g/mol. The third-order valence-electron chi connectivity index (χ3n) is 2.18. The van der Waals surface area contributed by atoms with Crippen molar-refractivity contribution >= 4 is 17.8 Å². The van der Waals surface area contributed by atoms with E-state index in [0.717, 1.165) is 6.42 Å². The first kappa shape index (κ1) is 25.1.